The lowest BCUT2D eigenvalue weighted by Crippen LogP contribution is -2.39. The van der Waals surface area contributed by atoms with Crippen molar-refractivity contribution in [3.05, 3.63) is 18.1 Å². The van der Waals surface area contributed by atoms with E-state index in [0.717, 1.165) is 12.8 Å². The Morgan fingerprint density at radius 2 is 2.12 bits per heavy atom. The zero-order valence-corrected chi connectivity index (χ0v) is 9.77. The fourth-order valence-corrected chi connectivity index (χ4v) is 1.68. The number of aromatic nitrogens is 2. The molecule has 6 heteroatoms. The quantitative estimate of drug-likeness (QED) is 0.795. The zero-order chi connectivity index (χ0) is 12.1. The van der Waals surface area contributed by atoms with Crippen molar-refractivity contribution in [2.24, 2.45) is 0 Å². The number of hydrogen-bond acceptors (Lipinski definition) is 5. The second-order valence-electron chi connectivity index (χ2n) is 3.90. The van der Waals surface area contributed by atoms with Crippen LogP contribution in [0.1, 0.15) is 23.3 Å². The Hall–Kier alpha value is -1.69. The van der Waals surface area contributed by atoms with Crippen molar-refractivity contribution in [3.8, 4) is 0 Å². The molecule has 2 rings (SSSR count). The molecule has 0 aliphatic carbocycles. The van der Waals surface area contributed by atoms with Gasteiger partial charge < -0.3 is 15.4 Å². The summed E-state index contributed by atoms with van der Waals surface area (Å²) in [6, 6.07) is 0.182. The topological polar surface area (TPSA) is 76.1 Å². The first kappa shape index (κ1) is 11.8. The Bertz CT molecular complexity index is 374. The van der Waals surface area contributed by atoms with E-state index in [2.05, 4.69) is 20.6 Å². The van der Waals surface area contributed by atoms with Gasteiger partial charge in [0.25, 0.3) is 5.91 Å². The molecule has 0 spiro atoms. The lowest BCUT2D eigenvalue weighted by atomic mass is 10.1. The van der Waals surface area contributed by atoms with Gasteiger partial charge >= 0.3 is 0 Å². The Balaban J connectivity index is 1.93. The van der Waals surface area contributed by atoms with E-state index < -0.39 is 0 Å². The Kier molecular flexibility index (Phi) is 3.87. The molecular formula is C11H16N4O2. The molecule has 0 saturated carbocycles. The summed E-state index contributed by atoms with van der Waals surface area (Å²) in [5, 5.41) is 5.78. The third-order valence-corrected chi connectivity index (χ3v) is 2.70. The van der Waals surface area contributed by atoms with Gasteiger partial charge in [-0.25, -0.2) is 9.97 Å². The number of ether oxygens (including phenoxy) is 1. The second-order valence-corrected chi connectivity index (χ2v) is 3.90. The third-order valence-electron chi connectivity index (χ3n) is 2.70. The van der Waals surface area contributed by atoms with Gasteiger partial charge in [-0.05, 0) is 12.8 Å². The van der Waals surface area contributed by atoms with Crippen molar-refractivity contribution < 1.29 is 9.53 Å². The lowest BCUT2D eigenvalue weighted by molar-refractivity contribution is 0.0694. The summed E-state index contributed by atoms with van der Waals surface area (Å²) in [6.07, 6.45) is 4.72. The summed E-state index contributed by atoms with van der Waals surface area (Å²) in [4.78, 5) is 19.9. The van der Waals surface area contributed by atoms with Crippen LogP contribution in [0.3, 0.4) is 0 Å². The normalized spacial score (nSPS) is 16.5. The first-order chi connectivity index (χ1) is 8.29. The van der Waals surface area contributed by atoms with Gasteiger partial charge in [0.2, 0.25) is 0 Å². The number of nitrogens with zero attached hydrogens (tertiary/aromatic N) is 2. The van der Waals surface area contributed by atoms with Crippen molar-refractivity contribution in [1.29, 1.82) is 0 Å². The first-order valence-electron chi connectivity index (χ1n) is 5.68. The highest BCUT2D eigenvalue weighted by Gasteiger charge is 2.17. The summed E-state index contributed by atoms with van der Waals surface area (Å²) in [5.41, 5.74) is 0.343. The third kappa shape index (κ3) is 3.13. The molecule has 0 bridgehead atoms. The standard InChI is InChI=1S/C11H16N4O2/c1-12-10-7-13-9(6-14-10)11(16)15-8-2-4-17-5-3-8/h6-8H,2-5H2,1H3,(H,12,14)(H,15,16). The van der Waals surface area contributed by atoms with E-state index in [9.17, 15) is 4.79 Å². The van der Waals surface area contributed by atoms with Gasteiger partial charge in [0, 0.05) is 26.3 Å². The maximum atomic E-state index is 11.8. The minimum Gasteiger partial charge on any atom is -0.381 e. The number of nitrogens with one attached hydrogen (secondary N) is 2. The predicted octanol–water partition coefficient (Wildman–Crippen LogP) is 0.427. The molecule has 1 aromatic rings. The molecule has 1 saturated heterocycles. The molecule has 0 radical (unpaired) electrons. The van der Waals surface area contributed by atoms with E-state index in [4.69, 9.17) is 4.74 Å². The average Bonchev–Trinajstić information content (AvgIpc) is 2.40. The maximum Gasteiger partial charge on any atom is 0.271 e. The maximum absolute atomic E-state index is 11.8. The molecule has 1 amide bonds. The van der Waals surface area contributed by atoms with Crippen LogP contribution in [0.2, 0.25) is 0 Å². The molecule has 0 aromatic carbocycles. The highest BCUT2D eigenvalue weighted by atomic mass is 16.5. The monoisotopic (exact) mass is 236 g/mol. The van der Waals surface area contributed by atoms with Crippen LogP contribution in [0.4, 0.5) is 5.82 Å². The van der Waals surface area contributed by atoms with Crippen molar-refractivity contribution in [3.63, 3.8) is 0 Å². The summed E-state index contributed by atoms with van der Waals surface area (Å²) < 4.78 is 5.23. The van der Waals surface area contributed by atoms with Crippen LogP contribution < -0.4 is 10.6 Å². The number of carbonyl (C=O) groups is 1. The van der Waals surface area contributed by atoms with Gasteiger partial charge in [-0.3, -0.25) is 4.79 Å². The van der Waals surface area contributed by atoms with Crippen LogP contribution >= 0.6 is 0 Å². The Labute approximate surface area is 99.8 Å². The summed E-state index contributed by atoms with van der Waals surface area (Å²) in [7, 11) is 1.76. The fourth-order valence-electron chi connectivity index (χ4n) is 1.68. The van der Waals surface area contributed by atoms with E-state index >= 15 is 0 Å². The van der Waals surface area contributed by atoms with Crippen LogP contribution in [0.5, 0.6) is 0 Å². The molecule has 1 aliphatic heterocycles. The van der Waals surface area contributed by atoms with Gasteiger partial charge in [-0.1, -0.05) is 0 Å². The molecule has 0 unspecified atom stereocenters. The minimum atomic E-state index is -0.174. The largest absolute Gasteiger partial charge is 0.381 e. The van der Waals surface area contributed by atoms with Crippen LogP contribution in [-0.2, 0) is 4.74 Å². The molecule has 2 N–H and O–H groups in total. The molecule has 17 heavy (non-hydrogen) atoms. The van der Waals surface area contributed by atoms with Crippen LogP contribution in [0.25, 0.3) is 0 Å². The van der Waals surface area contributed by atoms with Gasteiger partial charge in [0.1, 0.15) is 11.5 Å². The van der Waals surface area contributed by atoms with Crippen molar-refractivity contribution in [1.82, 2.24) is 15.3 Å². The van der Waals surface area contributed by atoms with Crippen LogP contribution in [0.15, 0.2) is 12.4 Å². The van der Waals surface area contributed by atoms with E-state index in [-0.39, 0.29) is 11.9 Å². The molecule has 1 fully saturated rings. The number of amides is 1. The molecule has 1 aliphatic rings. The van der Waals surface area contributed by atoms with Crippen molar-refractivity contribution in [2.45, 2.75) is 18.9 Å². The van der Waals surface area contributed by atoms with Crippen molar-refractivity contribution >= 4 is 11.7 Å². The Morgan fingerprint density at radius 3 is 2.71 bits per heavy atom. The van der Waals surface area contributed by atoms with Gasteiger partial charge in [-0.15, -0.1) is 0 Å². The Morgan fingerprint density at radius 1 is 1.35 bits per heavy atom. The zero-order valence-electron chi connectivity index (χ0n) is 9.77. The molecule has 6 nitrogen and oxygen atoms in total. The molecule has 92 valence electrons. The summed E-state index contributed by atoms with van der Waals surface area (Å²) in [5.74, 6) is 0.472. The van der Waals surface area contributed by atoms with Gasteiger partial charge in [0.15, 0.2) is 0 Å². The SMILES string of the molecule is CNc1cnc(C(=O)NC2CCOCC2)cn1. The van der Waals surface area contributed by atoms with Crippen molar-refractivity contribution in [2.75, 3.05) is 25.6 Å². The lowest BCUT2D eigenvalue weighted by Gasteiger charge is -2.22. The van der Waals surface area contributed by atoms with Gasteiger partial charge in [0.05, 0.1) is 12.4 Å². The van der Waals surface area contributed by atoms with Crippen LogP contribution in [-0.4, -0.2) is 42.2 Å². The number of rotatable bonds is 3. The average molecular weight is 236 g/mol. The predicted molar refractivity (Wildman–Crippen MR) is 62.9 cm³/mol. The fraction of sp³-hybridized carbons (Fsp3) is 0.545. The number of hydrogen-bond donors (Lipinski definition) is 2. The van der Waals surface area contributed by atoms with E-state index in [0.29, 0.717) is 24.7 Å². The molecular weight excluding hydrogens is 220 g/mol. The molecule has 2 heterocycles. The van der Waals surface area contributed by atoms with E-state index in [1.54, 1.807) is 13.2 Å². The second kappa shape index (κ2) is 5.58. The summed E-state index contributed by atoms with van der Waals surface area (Å²) >= 11 is 0. The number of carbonyl (C=O) groups excluding carboxylic acids is 1. The number of anilines is 1. The van der Waals surface area contributed by atoms with E-state index in [1.807, 2.05) is 0 Å². The smallest absolute Gasteiger partial charge is 0.271 e. The minimum absolute atomic E-state index is 0.174. The van der Waals surface area contributed by atoms with Crippen LogP contribution in [0, 0.1) is 0 Å². The highest BCUT2D eigenvalue weighted by molar-refractivity contribution is 5.92. The highest BCUT2D eigenvalue weighted by Crippen LogP contribution is 2.07. The molecule has 0 atom stereocenters. The van der Waals surface area contributed by atoms with Gasteiger partial charge in [-0.2, -0.15) is 0 Å². The first-order valence-corrected chi connectivity index (χ1v) is 5.68. The summed E-state index contributed by atoms with van der Waals surface area (Å²) in [6.45, 7) is 1.41. The molecule has 1 aromatic heterocycles. The van der Waals surface area contributed by atoms with E-state index in [1.165, 1.54) is 6.20 Å².